The summed E-state index contributed by atoms with van der Waals surface area (Å²) in [6.45, 7) is 3.74. The number of aliphatic imine (C=N–C) groups is 1. The molecule has 3 N–H and O–H groups in total. The Hall–Kier alpha value is -1.59. The number of amidine groups is 2. The Bertz CT molecular complexity index is 316. The summed E-state index contributed by atoms with van der Waals surface area (Å²) in [5, 5.41) is 4.05. The molecular weight excluding hydrogens is 182 g/mol. The quantitative estimate of drug-likeness (QED) is 0.573. The minimum absolute atomic E-state index is 0.0978. The van der Waals surface area contributed by atoms with Crippen LogP contribution in [-0.4, -0.2) is 42.1 Å². The highest BCUT2D eigenvalue weighted by Gasteiger charge is 2.31. The van der Waals surface area contributed by atoms with Gasteiger partial charge in [-0.2, -0.15) is 5.10 Å². The van der Waals surface area contributed by atoms with Crippen LogP contribution in [0.15, 0.2) is 10.1 Å². The van der Waals surface area contributed by atoms with E-state index < -0.39 is 11.4 Å². The highest BCUT2D eigenvalue weighted by molar-refractivity contribution is 6.38. The summed E-state index contributed by atoms with van der Waals surface area (Å²) in [7, 11) is 3.74. The third-order valence-electron chi connectivity index (χ3n) is 1.86. The smallest absolute Gasteiger partial charge is 0.285 e. The first-order chi connectivity index (χ1) is 6.34. The molecule has 0 aliphatic carbocycles. The molecule has 1 aliphatic heterocycles. The van der Waals surface area contributed by atoms with Gasteiger partial charge in [-0.1, -0.05) is 0 Å². The van der Waals surface area contributed by atoms with Gasteiger partial charge in [-0.3, -0.25) is 10.2 Å². The van der Waals surface area contributed by atoms with E-state index in [9.17, 15) is 4.79 Å². The molecule has 0 aromatic heterocycles. The van der Waals surface area contributed by atoms with E-state index in [1.807, 2.05) is 32.8 Å². The van der Waals surface area contributed by atoms with Crippen molar-refractivity contribution in [3.05, 3.63) is 0 Å². The summed E-state index contributed by atoms with van der Waals surface area (Å²) in [5.74, 6) is 0.253. The van der Waals surface area contributed by atoms with Crippen LogP contribution in [0.25, 0.3) is 0 Å². The van der Waals surface area contributed by atoms with E-state index in [4.69, 9.17) is 5.73 Å². The molecule has 0 aromatic rings. The number of nitrogens with one attached hydrogen (secondary N) is 1. The number of nitrogens with zero attached hydrogens (tertiary/aromatic N) is 3. The predicted octanol–water partition coefficient (Wildman–Crippen LogP) is -0.873. The van der Waals surface area contributed by atoms with E-state index in [0.717, 1.165) is 5.84 Å². The maximum absolute atomic E-state index is 10.9. The number of hydrogen-bond donors (Lipinski definition) is 2. The van der Waals surface area contributed by atoms with Crippen LogP contribution in [0.5, 0.6) is 0 Å². The minimum atomic E-state index is -0.598. The Balaban J connectivity index is 2.99. The zero-order valence-corrected chi connectivity index (χ0v) is 8.83. The maximum Gasteiger partial charge on any atom is 0.285 e. The van der Waals surface area contributed by atoms with E-state index in [1.165, 1.54) is 0 Å². The molecule has 1 heterocycles. The molecule has 14 heavy (non-hydrogen) atoms. The molecule has 78 valence electrons. The maximum atomic E-state index is 10.9. The number of hydrazone groups is 1. The molecule has 0 aromatic carbocycles. The Kier molecular flexibility index (Phi) is 2.46. The van der Waals surface area contributed by atoms with E-state index in [-0.39, 0.29) is 5.84 Å². The summed E-state index contributed by atoms with van der Waals surface area (Å²) in [6, 6.07) is 0. The predicted molar refractivity (Wildman–Crippen MR) is 55.0 cm³/mol. The molecule has 0 saturated heterocycles. The standard InChI is InChI=1S/C8H15N5O/c1-8(2)7(13(3)4)12-11-6(10-8)5(9)14/h1-4H3,(H2,9,14)(H,10,11). The fourth-order valence-corrected chi connectivity index (χ4v) is 1.35. The third kappa shape index (κ3) is 1.84. The Labute approximate surface area is 82.9 Å². The number of primary amides is 1. The lowest BCUT2D eigenvalue weighted by atomic mass is 10.0. The molecule has 6 heteroatoms. The molecule has 0 spiro atoms. The lowest BCUT2D eigenvalue weighted by molar-refractivity contribution is -0.112. The minimum Gasteiger partial charge on any atom is -0.363 e. The summed E-state index contributed by atoms with van der Waals surface area (Å²) in [6.07, 6.45) is 0. The highest BCUT2D eigenvalue weighted by atomic mass is 16.1. The number of rotatable bonds is 1. The molecule has 0 unspecified atom stereocenters. The van der Waals surface area contributed by atoms with Crippen molar-refractivity contribution in [1.29, 1.82) is 0 Å². The van der Waals surface area contributed by atoms with Crippen molar-refractivity contribution in [3.8, 4) is 0 Å². The topological polar surface area (TPSA) is 83.1 Å². The van der Waals surface area contributed by atoms with E-state index in [1.54, 1.807) is 0 Å². The molecule has 0 bridgehead atoms. The van der Waals surface area contributed by atoms with Crippen molar-refractivity contribution in [3.63, 3.8) is 0 Å². The van der Waals surface area contributed by atoms with Gasteiger partial charge in [0.2, 0.25) is 5.84 Å². The van der Waals surface area contributed by atoms with E-state index in [2.05, 4.69) is 15.5 Å². The summed E-state index contributed by atoms with van der Waals surface area (Å²) in [5.41, 5.74) is 7.09. The second kappa shape index (κ2) is 3.28. The van der Waals surface area contributed by atoms with E-state index >= 15 is 0 Å². The largest absolute Gasteiger partial charge is 0.363 e. The van der Waals surface area contributed by atoms with Crippen LogP contribution in [0.3, 0.4) is 0 Å². The summed E-state index contributed by atoms with van der Waals surface area (Å²) in [4.78, 5) is 16.9. The van der Waals surface area contributed by atoms with Gasteiger partial charge in [-0.25, -0.2) is 4.99 Å². The van der Waals surface area contributed by atoms with Gasteiger partial charge >= 0.3 is 0 Å². The number of amides is 1. The average Bonchev–Trinajstić information content (AvgIpc) is 2.01. The fraction of sp³-hybridized carbons (Fsp3) is 0.625. The van der Waals surface area contributed by atoms with Gasteiger partial charge in [0.05, 0.1) is 0 Å². The second-order valence-corrected chi connectivity index (χ2v) is 3.83. The van der Waals surface area contributed by atoms with Crippen LogP contribution in [-0.2, 0) is 4.79 Å². The number of carbonyl (C=O) groups is 1. The molecular formula is C8H15N5O. The molecule has 1 rings (SSSR count). The number of hydrogen-bond acceptors (Lipinski definition) is 5. The van der Waals surface area contributed by atoms with Crippen LogP contribution in [0.1, 0.15) is 13.8 Å². The van der Waals surface area contributed by atoms with Crippen molar-refractivity contribution < 1.29 is 4.79 Å². The first-order valence-electron chi connectivity index (χ1n) is 4.26. The molecule has 0 saturated carbocycles. The van der Waals surface area contributed by atoms with Crippen LogP contribution in [0.2, 0.25) is 0 Å². The average molecular weight is 197 g/mol. The Morgan fingerprint density at radius 2 is 2.07 bits per heavy atom. The van der Waals surface area contributed by atoms with Crippen molar-refractivity contribution in [2.45, 2.75) is 19.4 Å². The zero-order chi connectivity index (χ0) is 10.9. The molecule has 0 fully saturated rings. The second-order valence-electron chi connectivity index (χ2n) is 3.83. The molecule has 0 radical (unpaired) electrons. The normalized spacial score (nSPS) is 19.1. The van der Waals surface area contributed by atoms with Gasteiger partial charge < -0.3 is 10.6 Å². The van der Waals surface area contributed by atoms with Crippen LogP contribution < -0.4 is 11.2 Å². The molecule has 6 nitrogen and oxygen atoms in total. The summed E-state index contributed by atoms with van der Waals surface area (Å²) >= 11 is 0. The molecule has 1 amide bonds. The van der Waals surface area contributed by atoms with E-state index in [0.29, 0.717) is 0 Å². The first kappa shape index (κ1) is 10.5. The summed E-state index contributed by atoms with van der Waals surface area (Å²) < 4.78 is 0. The van der Waals surface area contributed by atoms with Crippen molar-refractivity contribution in [2.24, 2.45) is 15.8 Å². The molecule has 1 aliphatic rings. The Morgan fingerprint density at radius 1 is 1.50 bits per heavy atom. The lowest BCUT2D eigenvalue weighted by Crippen LogP contribution is -2.49. The first-order valence-corrected chi connectivity index (χ1v) is 4.26. The van der Waals surface area contributed by atoms with Crippen LogP contribution in [0.4, 0.5) is 0 Å². The van der Waals surface area contributed by atoms with Gasteiger partial charge in [0.25, 0.3) is 5.91 Å². The van der Waals surface area contributed by atoms with Crippen molar-refractivity contribution in [1.82, 2.24) is 10.3 Å². The van der Waals surface area contributed by atoms with Gasteiger partial charge in [-0.05, 0) is 13.8 Å². The SMILES string of the molecule is CN(C)C1=NNC(C(N)=O)=NC1(C)C. The van der Waals surface area contributed by atoms with Gasteiger partial charge in [0, 0.05) is 14.1 Å². The highest BCUT2D eigenvalue weighted by Crippen LogP contribution is 2.15. The van der Waals surface area contributed by atoms with Crippen molar-refractivity contribution in [2.75, 3.05) is 14.1 Å². The lowest BCUT2D eigenvalue weighted by Gasteiger charge is -2.31. The van der Waals surface area contributed by atoms with Crippen LogP contribution >= 0.6 is 0 Å². The van der Waals surface area contributed by atoms with Gasteiger partial charge in [0.1, 0.15) is 5.54 Å². The number of likely N-dealkylation sites (N-methyl/N-ethyl adjacent to an activating group) is 1. The monoisotopic (exact) mass is 197 g/mol. The van der Waals surface area contributed by atoms with Crippen molar-refractivity contribution >= 4 is 17.6 Å². The fourth-order valence-electron chi connectivity index (χ4n) is 1.35. The Morgan fingerprint density at radius 3 is 2.43 bits per heavy atom. The number of carbonyl (C=O) groups excluding carboxylic acids is 1. The third-order valence-corrected chi connectivity index (χ3v) is 1.86. The van der Waals surface area contributed by atoms with Gasteiger partial charge in [0.15, 0.2) is 5.84 Å². The zero-order valence-electron chi connectivity index (χ0n) is 8.83. The molecule has 0 atom stereocenters. The number of nitrogens with two attached hydrogens (primary N) is 1. The van der Waals surface area contributed by atoms with Gasteiger partial charge in [-0.15, -0.1) is 0 Å². The van der Waals surface area contributed by atoms with Crippen LogP contribution in [0, 0.1) is 0 Å².